The summed E-state index contributed by atoms with van der Waals surface area (Å²) in [5.41, 5.74) is 1.05. The van der Waals surface area contributed by atoms with E-state index >= 15 is 0 Å². The lowest BCUT2D eigenvalue weighted by Gasteiger charge is -2.38. The van der Waals surface area contributed by atoms with Gasteiger partial charge in [0.2, 0.25) is 0 Å². The summed E-state index contributed by atoms with van der Waals surface area (Å²) in [4.78, 5) is 21.3. The smallest absolute Gasteiger partial charge is 0.313 e. The van der Waals surface area contributed by atoms with Gasteiger partial charge in [0.1, 0.15) is 0 Å². The topological polar surface area (TPSA) is 52.6 Å². The number of hydrogen-bond donors (Lipinski definition) is 0. The molecule has 1 saturated carbocycles. The van der Waals surface area contributed by atoms with Gasteiger partial charge in [-0.2, -0.15) is 0 Å². The van der Waals surface area contributed by atoms with Gasteiger partial charge in [0, 0.05) is 6.92 Å². The zero-order chi connectivity index (χ0) is 15.1. The lowest BCUT2D eigenvalue weighted by Crippen LogP contribution is -2.36. The van der Waals surface area contributed by atoms with E-state index < -0.39 is 0 Å². The van der Waals surface area contributed by atoms with Gasteiger partial charge in [0.15, 0.2) is 0 Å². The summed E-state index contributed by atoms with van der Waals surface area (Å²) in [6, 6.07) is 0. The Balaban J connectivity index is 0.000000459. The van der Waals surface area contributed by atoms with Gasteiger partial charge in [-0.1, -0.05) is 26.0 Å². The van der Waals surface area contributed by atoms with Gasteiger partial charge >= 0.3 is 11.9 Å². The predicted molar refractivity (Wildman–Crippen MR) is 74.6 cm³/mol. The van der Waals surface area contributed by atoms with Crippen molar-refractivity contribution in [1.29, 1.82) is 0 Å². The van der Waals surface area contributed by atoms with Crippen LogP contribution in [0.1, 0.15) is 47.0 Å². The molecule has 110 valence electrons. The fourth-order valence-electron chi connectivity index (χ4n) is 2.42. The Morgan fingerprint density at radius 2 is 2.00 bits per heavy atom. The molecule has 0 aromatic heterocycles. The molecule has 1 atom stereocenters. The molecule has 1 aliphatic carbocycles. The molecular weight excluding hydrogens is 244 g/mol. The molecule has 4 heteroatoms. The molecule has 1 unspecified atom stereocenters. The molecule has 0 N–H and O–H groups in total. The molecule has 1 fully saturated rings. The third-order valence-corrected chi connectivity index (χ3v) is 3.29. The van der Waals surface area contributed by atoms with E-state index in [4.69, 9.17) is 4.74 Å². The van der Waals surface area contributed by atoms with Gasteiger partial charge in [-0.05, 0) is 31.6 Å². The summed E-state index contributed by atoms with van der Waals surface area (Å²) >= 11 is 0. The van der Waals surface area contributed by atoms with E-state index in [0.29, 0.717) is 6.61 Å². The second-order valence-electron chi connectivity index (χ2n) is 5.38. The van der Waals surface area contributed by atoms with Crippen LogP contribution in [0.5, 0.6) is 0 Å². The molecule has 0 aliphatic heterocycles. The van der Waals surface area contributed by atoms with Crippen molar-refractivity contribution in [2.24, 2.45) is 11.3 Å². The first-order valence-corrected chi connectivity index (χ1v) is 6.65. The maximum Gasteiger partial charge on any atom is 0.313 e. The van der Waals surface area contributed by atoms with Crippen molar-refractivity contribution in [2.75, 3.05) is 13.7 Å². The number of carbonyl (C=O) groups is 2. The first kappa shape index (κ1) is 17.7. The number of ether oxygens (including phenoxy) is 2. The Morgan fingerprint density at radius 3 is 2.32 bits per heavy atom. The van der Waals surface area contributed by atoms with E-state index in [2.05, 4.69) is 25.2 Å². The molecule has 0 saturated heterocycles. The van der Waals surface area contributed by atoms with Gasteiger partial charge in [-0.3, -0.25) is 9.59 Å². The molecule has 4 nitrogen and oxygen atoms in total. The van der Waals surface area contributed by atoms with Crippen LogP contribution in [0.25, 0.3) is 0 Å². The molecule has 19 heavy (non-hydrogen) atoms. The standard InChI is InChI=1S/C11H18O2.C4H8O2/c1-8-6-5-7-11(2,3)9(8)10(12)13-4;1-3-6-4(2)5/h9H,1,5-7H2,2-4H3;3H2,1-2H3. The summed E-state index contributed by atoms with van der Waals surface area (Å²) in [6.45, 7) is 11.8. The number of rotatable bonds is 2. The molecular formula is C15H26O4. The molecule has 1 aliphatic rings. The summed E-state index contributed by atoms with van der Waals surface area (Å²) in [5, 5.41) is 0. The Morgan fingerprint density at radius 1 is 1.42 bits per heavy atom. The molecule has 0 amide bonds. The highest BCUT2D eigenvalue weighted by Crippen LogP contribution is 2.43. The fourth-order valence-corrected chi connectivity index (χ4v) is 2.42. The quantitative estimate of drug-likeness (QED) is 0.571. The van der Waals surface area contributed by atoms with Crippen molar-refractivity contribution in [3.05, 3.63) is 12.2 Å². The van der Waals surface area contributed by atoms with Crippen LogP contribution in [-0.4, -0.2) is 25.7 Å². The summed E-state index contributed by atoms with van der Waals surface area (Å²) in [6.07, 6.45) is 3.17. The first-order chi connectivity index (χ1) is 8.76. The number of methoxy groups -OCH3 is 1. The molecule has 1 rings (SSSR count). The van der Waals surface area contributed by atoms with Crippen molar-refractivity contribution in [3.8, 4) is 0 Å². The zero-order valence-electron chi connectivity index (χ0n) is 12.7. The predicted octanol–water partition coefficient (Wildman–Crippen LogP) is 3.11. The number of hydrogen-bond acceptors (Lipinski definition) is 4. The average molecular weight is 270 g/mol. The second kappa shape index (κ2) is 7.97. The van der Waals surface area contributed by atoms with E-state index in [-0.39, 0.29) is 23.3 Å². The highest BCUT2D eigenvalue weighted by molar-refractivity contribution is 5.76. The van der Waals surface area contributed by atoms with E-state index in [1.54, 1.807) is 6.92 Å². The second-order valence-corrected chi connectivity index (χ2v) is 5.38. The maximum absolute atomic E-state index is 11.5. The third kappa shape index (κ3) is 5.90. The van der Waals surface area contributed by atoms with E-state index in [1.165, 1.54) is 14.0 Å². The SMILES string of the molecule is C=C1CCCC(C)(C)C1C(=O)OC.CCOC(C)=O. The monoisotopic (exact) mass is 270 g/mol. The van der Waals surface area contributed by atoms with Crippen molar-refractivity contribution in [1.82, 2.24) is 0 Å². The van der Waals surface area contributed by atoms with Crippen LogP contribution in [0.4, 0.5) is 0 Å². The summed E-state index contributed by atoms with van der Waals surface area (Å²) in [5.74, 6) is -0.446. The van der Waals surface area contributed by atoms with Crippen molar-refractivity contribution in [3.63, 3.8) is 0 Å². The van der Waals surface area contributed by atoms with E-state index in [9.17, 15) is 9.59 Å². The minimum atomic E-state index is -0.211. The van der Waals surface area contributed by atoms with Crippen molar-refractivity contribution < 1.29 is 19.1 Å². The third-order valence-electron chi connectivity index (χ3n) is 3.29. The lowest BCUT2D eigenvalue weighted by atomic mass is 9.67. The van der Waals surface area contributed by atoms with E-state index in [1.807, 2.05) is 0 Å². The first-order valence-electron chi connectivity index (χ1n) is 6.65. The minimum absolute atomic E-state index is 0.0163. The minimum Gasteiger partial charge on any atom is -0.469 e. The van der Waals surface area contributed by atoms with Gasteiger partial charge in [0.05, 0.1) is 19.6 Å². The molecule has 0 aromatic carbocycles. The van der Waals surface area contributed by atoms with Crippen LogP contribution in [0.2, 0.25) is 0 Å². The molecule has 0 radical (unpaired) electrons. The van der Waals surface area contributed by atoms with Crippen LogP contribution in [-0.2, 0) is 19.1 Å². The molecule has 0 spiro atoms. The van der Waals surface area contributed by atoms with Crippen LogP contribution in [0, 0.1) is 11.3 Å². The molecule has 0 aromatic rings. The van der Waals surface area contributed by atoms with Crippen molar-refractivity contribution in [2.45, 2.75) is 47.0 Å². The van der Waals surface area contributed by atoms with Crippen LogP contribution in [0.15, 0.2) is 12.2 Å². The van der Waals surface area contributed by atoms with Crippen LogP contribution in [0.3, 0.4) is 0 Å². The van der Waals surface area contributed by atoms with Gasteiger partial charge in [-0.25, -0.2) is 0 Å². The Labute approximate surface area is 116 Å². The Kier molecular flexibility index (Phi) is 7.42. The summed E-state index contributed by atoms with van der Waals surface area (Å²) in [7, 11) is 1.44. The number of carbonyl (C=O) groups excluding carboxylic acids is 2. The highest BCUT2D eigenvalue weighted by atomic mass is 16.5. The van der Waals surface area contributed by atoms with Crippen LogP contribution < -0.4 is 0 Å². The average Bonchev–Trinajstić information content (AvgIpc) is 2.27. The van der Waals surface area contributed by atoms with Crippen molar-refractivity contribution >= 4 is 11.9 Å². The Hall–Kier alpha value is -1.32. The highest BCUT2D eigenvalue weighted by Gasteiger charge is 2.40. The Bertz CT molecular complexity index is 323. The normalized spacial score (nSPS) is 20.9. The van der Waals surface area contributed by atoms with Gasteiger partial charge < -0.3 is 9.47 Å². The summed E-state index contributed by atoms with van der Waals surface area (Å²) < 4.78 is 9.20. The fraction of sp³-hybridized carbons (Fsp3) is 0.733. The lowest BCUT2D eigenvalue weighted by molar-refractivity contribution is -0.148. The zero-order valence-corrected chi connectivity index (χ0v) is 12.7. The van der Waals surface area contributed by atoms with Crippen LogP contribution >= 0.6 is 0 Å². The van der Waals surface area contributed by atoms with Gasteiger partial charge in [0.25, 0.3) is 0 Å². The molecule has 0 heterocycles. The van der Waals surface area contributed by atoms with Gasteiger partial charge in [-0.15, -0.1) is 0 Å². The maximum atomic E-state index is 11.5. The number of esters is 2. The van der Waals surface area contributed by atoms with E-state index in [0.717, 1.165) is 24.8 Å². The largest absolute Gasteiger partial charge is 0.469 e. The molecule has 0 bridgehead atoms.